The van der Waals surface area contributed by atoms with Crippen LogP contribution in [0, 0.1) is 0 Å². The van der Waals surface area contributed by atoms with Crippen LogP contribution in [0.3, 0.4) is 0 Å². The number of rotatable bonds is 4. The molecule has 2 amide bonds. The number of hydrazone groups is 1. The van der Waals surface area contributed by atoms with Crippen LogP contribution >= 0.6 is 11.6 Å². The lowest BCUT2D eigenvalue weighted by Gasteiger charge is -2.05. The number of ether oxygens (including phenoxy) is 1. The molecule has 0 radical (unpaired) electrons. The Kier molecular flexibility index (Phi) is 5.11. The molecular weight excluding hydrogens is 306 g/mol. The smallest absolute Gasteiger partial charge is 0.343 e. The van der Waals surface area contributed by atoms with E-state index in [-0.39, 0.29) is 0 Å². The summed E-state index contributed by atoms with van der Waals surface area (Å²) in [5.41, 5.74) is 7.98. The maximum absolute atomic E-state index is 12.0. The number of esters is 1. The zero-order valence-corrected chi connectivity index (χ0v) is 12.1. The molecule has 7 heteroatoms. The predicted molar refractivity (Wildman–Crippen MR) is 83.2 cm³/mol. The lowest BCUT2D eigenvalue weighted by molar-refractivity contribution is 0.0735. The van der Waals surface area contributed by atoms with Crippen LogP contribution in [0.4, 0.5) is 4.79 Å². The summed E-state index contributed by atoms with van der Waals surface area (Å²) in [6.45, 7) is 0. The number of halogens is 1. The van der Waals surface area contributed by atoms with E-state index in [1.54, 1.807) is 48.5 Å². The maximum Gasteiger partial charge on any atom is 0.343 e. The lowest BCUT2D eigenvalue weighted by Crippen LogP contribution is -2.24. The van der Waals surface area contributed by atoms with E-state index in [1.165, 1.54) is 6.21 Å². The molecular formula is C15H12ClN3O3. The number of primary amides is 1. The van der Waals surface area contributed by atoms with Crippen molar-refractivity contribution in [2.24, 2.45) is 10.8 Å². The van der Waals surface area contributed by atoms with Crippen molar-refractivity contribution in [2.75, 3.05) is 0 Å². The molecule has 0 saturated heterocycles. The number of benzene rings is 2. The summed E-state index contributed by atoms with van der Waals surface area (Å²) in [5, 5.41) is 4.16. The van der Waals surface area contributed by atoms with Crippen molar-refractivity contribution < 1.29 is 14.3 Å². The second-order valence-corrected chi connectivity index (χ2v) is 4.64. The second-order valence-electron chi connectivity index (χ2n) is 4.20. The van der Waals surface area contributed by atoms with Crippen LogP contribution in [0.25, 0.3) is 0 Å². The van der Waals surface area contributed by atoms with Gasteiger partial charge in [-0.05, 0) is 42.0 Å². The third-order valence-corrected chi connectivity index (χ3v) is 2.79. The Bertz CT molecular complexity index is 714. The fourth-order valence-corrected chi connectivity index (χ4v) is 1.71. The van der Waals surface area contributed by atoms with Gasteiger partial charge in [0.1, 0.15) is 5.75 Å². The first kappa shape index (κ1) is 15.5. The zero-order chi connectivity index (χ0) is 15.9. The quantitative estimate of drug-likeness (QED) is 0.393. The monoisotopic (exact) mass is 317 g/mol. The van der Waals surface area contributed by atoms with Gasteiger partial charge in [-0.3, -0.25) is 0 Å². The molecule has 0 aliphatic heterocycles. The Labute approximate surface area is 131 Å². The van der Waals surface area contributed by atoms with Crippen molar-refractivity contribution in [3.63, 3.8) is 0 Å². The molecule has 2 aromatic rings. The number of nitrogens with two attached hydrogens (primary N) is 1. The van der Waals surface area contributed by atoms with Gasteiger partial charge < -0.3 is 10.5 Å². The highest BCUT2D eigenvalue weighted by molar-refractivity contribution is 6.30. The molecule has 2 rings (SSSR count). The molecule has 0 heterocycles. The van der Waals surface area contributed by atoms with Gasteiger partial charge in [0.2, 0.25) is 0 Å². The van der Waals surface area contributed by atoms with Crippen LogP contribution in [0.15, 0.2) is 53.6 Å². The molecule has 0 aliphatic rings. The molecule has 0 atom stereocenters. The fourth-order valence-electron chi connectivity index (χ4n) is 1.58. The van der Waals surface area contributed by atoms with Gasteiger partial charge in [0.15, 0.2) is 0 Å². The first-order valence-electron chi connectivity index (χ1n) is 6.21. The maximum atomic E-state index is 12.0. The summed E-state index contributed by atoms with van der Waals surface area (Å²) in [5.74, 6) is -0.149. The summed E-state index contributed by atoms with van der Waals surface area (Å²) < 4.78 is 5.25. The van der Waals surface area contributed by atoms with Gasteiger partial charge >= 0.3 is 12.0 Å². The average molecular weight is 318 g/mol. The molecule has 3 N–H and O–H groups in total. The first-order valence-corrected chi connectivity index (χ1v) is 6.59. The summed E-state index contributed by atoms with van der Waals surface area (Å²) in [4.78, 5) is 22.5. The number of carbonyl (C=O) groups is 2. The summed E-state index contributed by atoms with van der Waals surface area (Å²) in [7, 11) is 0. The number of hydrogen-bond acceptors (Lipinski definition) is 4. The van der Waals surface area contributed by atoms with Gasteiger partial charge in [0.05, 0.1) is 11.8 Å². The van der Waals surface area contributed by atoms with E-state index in [9.17, 15) is 9.59 Å². The van der Waals surface area contributed by atoms with Gasteiger partial charge in [0, 0.05) is 5.02 Å². The number of nitrogens with one attached hydrogen (secondary N) is 1. The van der Waals surface area contributed by atoms with E-state index in [4.69, 9.17) is 22.1 Å². The van der Waals surface area contributed by atoms with Crippen LogP contribution < -0.4 is 15.9 Å². The molecule has 22 heavy (non-hydrogen) atoms. The van der Waals surface area contributed by atoms with Crippen molar-refractivity contribution in [1.29, 1.82) is 0 Å². The molecule has 0 unspecified atom stereocenters. The van der Waals surface area contributed by atoms with Crippen LogP contribution in [-0.2, 0) is 0 Å². The normalized spacial score (nSPS) is 10.4. The first-order chi connectivity index (χ1) is 10.5. The van der Waals surface area contributed by atoms with E-state index >= 15 is 0 Å². The van der Waals surface area contributed by atoms with E-state index in [1.807, 2.05) is 0 Å². The van der Waals surface area contributed by atoms with Gasteiger partial charge in [-0.2, -0.15) is 5.10 Å². The SMILES string of the molecule is NC(=O)NN=Cc1cccc(OC(=O)c2ccc(Cl)cc2)c1. The fraction of sp³-hybridized carbons (Fsp3) is 0. The Morgan fingerprint density at radius 2 is 1.91 bits per heavy atom. The Morgan fingerprint density at radius 3 is 2.59 bits per heavy atom. The van der Waals surface area contributed by atoms with Gasteiger partial charge in [-0.15, -0.1) is 0 Å². The molecule has 0 bridgehead atoms. The molecule has 0 fully saturated rings. The van der Waals surface area contributed by atoms with Gasteiger partial charge in [0.25, 0.3) is 0 Å². The highest BCUT2D eigenvalue weighted by atomic mass is 35.5. The molecule has 6 nitrogen and oxygen atoms in total. The van der Waals surface area contributed by atoms with Crippen molar-refractivity contribution in [3.05, 3.63) is 64.7 Å². The Morgan fingerprint density at radius 1 is 1.18 bits per heavy atom. The Balaban J connectivity index is 2.06. The number of urea groups is 1. The average Bonchev–Trinajstić information content (AvgIpc) is 2.48. The van der Waals surface area contributed by atoms with Crippen LogP contribution in [0.5, 0.6) is 5.75 Å². The highest BCUT2D eigenvalue weighted by Gasteiger charge is 2.08. The van der Waals surface area contributed by atoms with Crippen molar-refractivity contribution in [1.82, 2.24) is 5.43 Å². The molecule has 2 aromatic carbocycles. The number of hydrogen-bond donors (Lipinski definition) is 2. The van der Waals surface area contributed by atoms with Crippen molar-refractivity contribution >= 4 is 29.8 Å². The minimum Gasteiger partial charge on any atom is -0.423 e. The lowest BCUT2D eigenvalue weighted by atomic mass is 10.2. The summed E-state index contributed by atoms with van der Waals surface area (Å²) >= 11 is 5.76. The molecule has 0 aliphatic carbocycles. The van der Waals surface area contributed by atoms with Crippen molar-refractivity contribution in [3.8, 4) is 5.75 Å². The summed E-state index contributed by atoms with van der Waals surface area (Å²) in [6, 6.07) is 12.3. The third kappa shape index (κ3) is 4.60. The number of nitrogens with zero attached hydrogens (tertiary/aromatic N) is 1. The largest absolute Gasteiger partial charge is 0.423 e. The molecule has 0 aromatic heterocycles. The van der Waals surface area contributed by atoms with E-state index in [0.29, 0.717) is 21.9 Å². The standard InChI is InChI=1S/C15H12ClN3O3/c16-12-6-4-11(5-7-12)14(20)22-13-3-1-2-10(8-13)9-18-19-15(17)21/h1-9H,(H3,17,19,21). The van der Waals surface area contributed by atoms with Crippen molar-refractivity contribution in [2.45, 2.75) is 0 Å². The predicted octanol–water partition coefficient (Wildman–Crippen LogP) is 2.56. The van der Waals surface area contributed by atoms with E-state index in [0.717, 1.165) is 0 Å². The van der Waals surface area contributed by atoms with E-state index in [2.05, 4.69) is 10.5 Å². The zero-order valence-electron chi connectivity index (χ0n) is 11.3. The molecule has 0 saturated carbocycles. The van der Waals surface area contributed by atoms with Gasteiger partial charge in [-0.25, -0.2) is 15.0 Å². The summed E-state index contributed by atoms with van der Waals surface area (Å²) in [6.07, 6.45) is 1.38. The minimum atomic E-state index is -0.762. The minimum absolute atomic E-state index is 0.350. The molecule has 0 spiro atoms. The highest BCUT2D eigenvalue weighted by Crippen LogP contribution is 2.15. The third-order valence-electron chi connectivity index (χ3n) is 2.54. The Hall–Kier alpha value is -2.86. The number of amides is 2. The number of carbonyl (C=O) groups excluding carboxylic acids is 2. The van der Waals surface area contributed by atoms with Crippen LogP contribution in [-0.4, -0.2) is 18.2 Å². The van der Waals surface area contributed by atoms with Gasteiger partial charge in [-0.1, -0.05) is 23.7 Å². The van der Waals surface area contributed by atoms with Crippen LogP contribution in [0.1, 0.15) is 15.9 Å². The van der Waals surface area contributed by atoms with Crippen LogP contribution in [0.2, 0.25) is 5.02 Å². The topological polar surface area (TPSA) is 93.8 Å². The van der Waals surface area contributed by atoms with E-state index < -0.39 is 12.0 Å². The molecule has 112 valence electrons. The second kappa shape index (κ2) is 7.24.